The number of alkyl carbamates (subject to hydrolysis) is 1. The summed E-state index contributed by atoms with van der Waals surface area (Å²) in [5.74, 6) is 0.914. The van der Waals surface area contributed by atoms with Crippen LogP contribution in [-0.4, -0.2) is 54.0 Å². The Morgan fingerprint density at radius 2 is 1.92 bits per heavy atom. The van der Waals surface area contributed by atoms with E-state index in [0.717, 1.165) is 43.5 Å². The monoisotopic (exact) mass is 511 g/mol. The molecule has 1 amide bonds. The number of hydrogen-bond donors (Lipinski definition) is 1. The lowest BCUT2D eigenvalue weighted by Gasteiger charge is -2.36. The van der Waals surface area contributed by atoms with Crippen LogP contribution in [0.2, 0.25) is 0 Å². The molecular weight excluding hydrogens is 466 g/mol. The number of nitrogens with one attached hydrogen (secondary N) is 1. The molecule has 0 spiro atoms. The zero-order chi connectivity index (χ0) is 27.4. The summed E-state index contributed by atoms with van der Waals surface area (Å²) in [5, 5.41) is 2.69. The Morgan fingerprint density at radius 1 is 1.22 bits per heavy atom. The number of amides is 1. The second kappa shape index (κ2) is 14.7. The van der Waals surface area contributed by atoms with Crippen molar-refractivity contribution >= 4 is 17.7 Å². The number of allylic oxidation sites excluding steroid dienone is 2. The Balaban J connectivity index is 2.50. The molecule has 0 radical (unpaired) electrons. The SMILES string of the molecule is C=CCCCCC[C@@H]1CC(=O)C(NC(=O)OC(C)(C)C)=CN1C(=N[C@H](COC)C(C)C)c1ccccc1. The molecule has 0 aromatic heterocycles. The molecule has 1 aromatic carbocycles. The van der Waals surface area contributed by atoms with Crippen LogP contribution < -0.4 is 5.32 Å². The Morgan fingerprint density at radius 3 is 2.51 bits per heavy atom. The molecule has 0 saturated heterocycles. The van der Waals surface area contributed by atoms with Gasteiger partial charge in [-0.2, -0.15) is 0 Å². The van der Waals surface area contributed by atoms with Gasteiger partial charge in [-0.3, -0.25) is 15.1 Å². The average Bonchev–Trinajstić information content (AvgIpc) is 2.82. The molecule has 0 fully saturated rings. The zero-order valence-corrected chi connectivity index (χ0v) is 23.5. The first-order chi connectivity index (χ1) is 17.6. The molecule has 0 unspecified atom stereocenters. The highest BCUT2D eigenvalue weighted by atomic mass is 16.6. The van der Waals surface area contributed by atoms with Gasteiger partial charge in [0.1, 0.15) is 17.1 Å². The van der Waals surface area contributed by atoms with E-state index in [0.29, 0.717) is 6.61 Å². The van der Waals surface area contributed by atoms with Crippen molar-refractivity contribution in [3.8, 4) is 0 Å². The van der Waals surface area contributed by atoms with Crippen LogP contribution in [0, 0.1) is 5.92 Å². The molecule has 1 aliphatic rings. The minimum Gasteiger partial charge on any atom is -0.444 e. The Kier molecular flexibility index (Phi) is 12.1. The van der Waals surface area contributed by atoms with Gasteiger partial charge in [-0.05, 0) is 46.0 Å². The van der Waals surface area contributed by atoms with Crippen molar-refractivity contribution in [1.82, 2.24) is 10.2 Å². The molecule has 0 aliphatic carbocycles. The van der Waals surface area contributed by atoms with Crippen LogP contribution in [-0.2, 0) is 14.3 Å². The summed E-state index contributed by atoms with van der Waals surface area (Å²) in [5.41, 5.74) is 0.494. The third-order valence-electron chi connectivity index (χ3n) is 6.14. The molecule has 204 valence electrons. The number of ketones is 1. The summed E-state index contributed by atoms with van der Waals surface area (Å²) in [6.07, 6.45) is 8.26. The van der Waals surface area contributed by atoms with Gasteiger partial charge in [0.25, 0.3) is 0 Å². The Hall–Kier alpha value is -2.93. The molecule has 1 aromatic rings. The van der Waals surface area contributed by atoms with Crippen molar-refractivity contribution in [3.05, 3.63) is 60.4 Å². The van der Waals surface area contributed by atoms with E-state index in [1.54, 1.807) is 34.1 Å². The first kappa shape index (κ1) is 30.3. The predicted molar refractivity (Wildman–Crippen MR) is 149 cm³/mol. The van der Waals surface area contributed by atoms with Crippen molar-refractivity contribution < 1.29 is 19.1 Å². The lowest BCUT2D eigenvalue weighted by atomic mass is 9.95. The first-order valence-electron chi connectivity index (χ1n) is 13.3. The third kappa shape index (κ3) is 10.2. The fraction of sp³-hybridized carbons (Fsp3) is 0.567. The number of ether oxygens (including phenoxy) is 2. The number of hydrogen-bond acceptors (Lipinski definition) is 5. The van der Waals surface area contributed by atoms with Crippen LogP contribution in [0.3, 0.4) is 0 Å². The van der Waals surface area contributed by atoms with Gasteiger partial charge in [0.05, 0.1) is 12.6 Å². The van der Waals surface area contributed by atoms with Crippen LogP contribution in [0.15, 0.2) is 59.9 Å². The minimum atomic E-state index is -0.669. The maximum atomic E-state index is 13.1. The van der Waals surface area contributed by atoms with Crippen LogP contribution in [0.1, 0.15) is 78.7 Å². The summed E-state index contributed by atoms with van der Waals surface area (Å²) in [7, 11) is 1.68. The fourth-order valence-corrected chi connectivity index (χ4v) is 4.16. The molecule has 1 aliphatic heterocycles. The van der Waals surface area contributed by atoms with Crippen LogP contribution in [0.5, 0.6) is 0 Å². The Bertz CT molecular complexity index is 947. The summed E-state index contributed by atoms with van der Waals surface area (Å²) in [6, 6.07) is 9.84. The predicted octanol–water partition coefficient (Wildman–Crippen LogP) is 6.25. The quantitative estimate of drug-likeness (QED) is 0.155. The third-order valence-corrected chi connectivity index (χ3v) is 6.14. The van der Waals surface area contributed by atoms with E-state index >= 15 is 0 Å². The van der Waals surface area contributed by atoms with E-state index in [4.69, 9.17) is 14.5 Å². The van der Waals surface area contributed by atoms with Gasteiger partial charge in [-0.25, -0.2) is 4.79 Å². The van der Waals surface area contributed by atoms with Gasteiger partial charge in [-0.1, -0.05) is 63.1 Å². The fourth-order valence-electron chi connectivity index (χ4n) is 4.16. The Labute approximate surface area is 223 Å². The topological polar surface area (TPSA) is 80.2 Å². The van der Waals surface area contributed by atoms with Crippen LogP contribution in [0.25, 0.3) is 0 Å². The molecular formula is C30H45N3O4. The van der Waals surface area contributed by atoms with Crippen molar-refractivity contribution in [2.24, 2.45) is 10.9 Å². The number of Topliss-reactive ketones (excluding diaryl/α,β-unsaturated/α-hetero) is 1. The smallest absolute Gasteiger partial charge is 0.412 e. The van der Waals surface area contributed by atoms with E-state index in [1.807, 2.05) is 36.4 Å². The van der Waals surface area contributed by atoms with E-state index in [-0.39, 0.29) is 35.9 Å². The lowest BCUT2D eigenvalue weighted by molar-refractivity contribution is -0.117. The van der Waals surface area contributed by atoms with Gasteiger partial charge in [0, 0.05) is 31.3 Å². The van der Waals surface area contributed by atoms with Crippen molar-refractivity contribution in [2.75, 3.05) is 13.7 Å². The van der Waals surface area contributed by atoms with Crippen molar-refractivity contribution in [1.29, 1.82) is 0 Å². The van der Waals surface area contributed by atoms with Crippen LogP contribution >= 0.6 is 0 Å². The second-order valence-electron chi connectivity index (χ2n) is 10.9. The number of amidine groups is 1. The number of unbranched alkanes of at least 4 members (excludes halogenated alkanes) is 3. The lowest BCUT2D eigenvalue weighted by Crippen LogP contribution is -2.46. The number of rotatable bonds is 12. The standard InChI is InChI=1S/C30H45N3O4/c1-8-9-10-11-15-18-24-19-27(34)25(32-29(35)37-30(4,5)6)20-33(24)28(23-16-13-12-14-17-23)31-26(21-36-7)22(2)3/h8,12-14,16-17,20,22,24,26H,1,9-11,15,18-19,21H2,2-7H3,(H,32,35)/t24-,26-/m1/s1. The summed E-state index contributed by atoms with van der Waals surface area (Å²) in [6.45, 7) is 13.9. The molecule has 0 saturated carbocycles. The van der Waals surface area contributed by atoms with Gasteiger partial charge < -0.3 is 14.4 Å². The van der Waals surface area contributed by atoms with E-state index in [9.17, 15) is 9.59 Å². The van der Waals surface area contributed by atoms with Gasteiger partial charge in [0.2, 0.25) is 0 Å². The zero-order valence-electron chi connectivity index (χ0n) is 23.5. The van der Waals surface area contributed by atoms with Gasteiger partial charge in [-0.15, -0.1) is 6.58 Å². The average molecular weight is 512 g/mol. The maximum Gasteiger partial charge on any atom is 0.412 e. The molecule has 37 heavy (non-hydrogen) atoms. The summed E-state index contributed by atoms with van der Waals surface area (Å²) >= 11 is 0. The molecule has 1 N–H and O–H groups in total. The molecule has 1 heterocycles. The summed E-state index contributed by atoms with van der Waals surface area (Å²) in [4.78, 5) is 32.9. The number of carbonyl (C=O) groups is 2. The van der Waals surface area contributed by atoms with Crippen molar-refractivity contribution in [2.45, 2.75) is 90.8 Å². The molecule has 0 bridgehead atoms. The highest BCUT2D eigenvalue weighted by molar-refractivity contribution is 6.04. The number of benzene rings is 1. The largest absolute Gasteiger partial charge is 0.444 e. The van der Waals surface area contributed by atoms with E-state index in [2.05, 4.69) is 30.6 Å². The van der Waals surface area contributed by atoms with Crippen molar-refractivity contribution in [3.63, 3.8) is 0 Å². The number of methoxy groups -OCH3 is 1. The number of aliphatic imine (C=N–C) groups is 1. The number of carbonyl (C=O) groups excluding carboxylic acids is 2. The highest BCUT2D eigenvalue weighted by Crippen LogP contribution is 2.26. The minimum absolute atomic E-state index is 0.0678. The summed E-state index contributed by atoms with van der Waals surface area (Å²) < 4.78 is 10.9. The normalized spacial score (nSPS) is 17.4. The maximum absolute atomic E-state index is 13.1. The van der Waals surface area contributed by atoms with E-state index in [1.165, 1.54) is 0 Å². The molecule has 7 heteroatoms. The molecule has 7 nitrogen and oxygen atoms in total. The number of nitrogens with zero attached hydrogens (tertiary/aromatic N) is 2. The van der Waals surface area contributed by atoms with E-state index < -0.39 is 11.7 Å². The van der Waals surface area contributed by atoms with Crippen LogP contribution in [0.4, 0.5) is 4.79 Å². The van der Waals surface area contributed by atoms with Gasteiger partial charge in [0.15, 0.2) is 5.78 Å². The molecule has 2 rings (SSSR count). The molecule has 2 atom stereocenters. The first-order valence-corrected chi connectivity index (χ1v) is 13.3. The van der Waals surface area contributed by atoms with Gasteiger partial charge >= 0.3 is 6.09 Å². The second-order valence-corrected chi connectivity index (χ2v) is 10.9. The highest BCUT2D eigenvalue weighted by Gasteiger charge is 2.33.